The third kappa shape index (κ3) is 12.8. The number of piperidine rings is 1. The quantitative estimate of drug-likeness (QED) is 0.109. The molecular formula is C69H93F3N10O6S. The zero-order valence-electron chi connectivity index (χ0n) is 53.3. The van der Waals surface area contributed by atoms with Crippen LogP contribution in [0.5, 0.6) is 0 Å². The first-order valence-corrected chi connectivity index (χ1v) is 34.6. The number of hydrogen-bond donors (Lipinski definition) is 2. The van der Waals surface area contributed by atoms with Crippen LogP contribution >= 0.6 is 0 Å². The van der Waals surface area contributed by atoms with Gasteiger partial charge in [0.15, 0.2) is 0 Å². The van der Waals surface area contributed by atoms with E-state index < -0.39 is 58.0 Å². The number of cyclic esters (lactones) is 1. The van der Waals surface area contributed by atoms with Crippen LogP contribution in [0.2, 0.25) is 0 Å². The Kier molecular flexibility index (Phi) is 17.0. The number of aromatic nitrogens is 2. The van der Waals surface area contributed by atoms with E-state index >= 15 is 22.8 Å². The maximum atomic E-state index is 15.5. The molecule has 482 valence electrons. The molecule has 2 aromatic carbocycles. The number of piperazine rings is 1. The predicted molar refractivity (Wildman–Crippen MR) is 340 cm³/mol. The van der Waals surface area contributed by atoms with Gasteiger partial charge < -0.3 is 24.4 Å². The number of pyridine rings is 1. The summed E-state index contributed by atoms with van der Waals surface area (Å²) in [5.74, 6) is -0.642. The van der Waals surface area contributed by atoms with Gasteiger partial charge in [0.2, 0.25) is 11.8 Å². The standard InChI is InChI=1S/C69H93F3N10O6S/c1-43(2)57-52(35-50(37-73-57)77-31-30-76-26-11-10-18-49(76)38-77)60-53-36-67(6,7)42-88-65(86)54-19-13-27-81(75-54)63(84)55(33-44-14-12-17-47(32-44)48-22-23-56(51(53)34-48)80(60)41-69(70,71)72)74-62(83)59(45-15-8-9-16-45)78-28-24-68(39-78)25-29-79(40-68)64(85)61-58(46-20-21-46)82(61)89(87)66(3,4)5/h12,14,17,22-23,32,34-35,37,43,45-46,49,54-55,58-59,61,75H,8-11,13,15-16,18-21,24-31,33,36,38-42H2,1-7H3,(H,74,83)/t49-,54+,55+,58-,59+,61-,68+,82?,89-/m1/s1. The van der Waals surface area contributed by atoms with Crippen LogP contribution in [0.25, 0.3) is 33.3 Å². The van der Waals surface area contributed by atoms with Gasteiger partial charge in [-0.25, -0.2) is 13.9 Å². The van der Waals surface area contributed by atoms with Gasteiger partial charge in [-0.1, -0.05) is 77.3 Å². The molecule has 89 heavy (non-hydrogen) atoms. The Morgan fingerprint density at radius 3 is 2.38 bits per heavy atom. The van der Waals surface area contributed by atoms with Gasteiger partial charge in [0.1, 0.15) is 35.7 Å². The van der Waals surface area contributed by atoms with Crippen LogP contribution in [0.15, 0.2) is 54.7 Å². The topological polar surface area (TPSA) is 156 Å². The number of hydrazine groups is 1. The van der Waals surface area contributed by atoms with Crippen molar-refractivity contribution < 1.29 is 41.3 Å². The summed E-state index contributed by atoms with van der Waals surface area (Å²) in [5.41, 5.74) is 8.52. The Morgan fingerprint density at radius 1 is 0.865 bits per heavy atom. The molecule has 0 radical (unpaired) electrons. The van der Waals surface area contributed by atoms with Crippen LogP contribution in [0, 0.1) is 22.7 Å². The summed E-state index contributed by atoms with van der Waals surface area (Å²) in [5, 5.41) is 5.49. The molecule has 7 aliphatic heterocycles. The molecular weight excluding hydrogens is 1150 g/mol. The third-order valence-corrected chi connectivity index (χ3v) is 23.2. The minimum atomic E-state index is -4.57. The average Bonchev–Trinajstić information content (AvgIpc) is 1.58. The molecule has 20 heteroatoms. The van der Waals surface area contributed by atoms with Crippen molar-refractivity contribution in [2.24, 2.45) is 22.7 Å². The number of carbonyl (C=O) groups is 4. The van der Waals surface area contributed by atoms with Crippen molar-refractivity contribution in [2.45, 2.75) is 204 Å². The maximum absolute atomic E-state index is 15.5. The number of carbonyl (C=O) groups excluding carboxylic acids is 4. The van der Waals surface area contributed by atoms with Crippen LogP contribution in [-0.2, 0) is 54.3 Å². The van der Waals surface area contributed by atoms with Crippen molar-refractivity contribution in [2.75, 3.05) is 70.4 Å². The number of halogens is 3. The first-order chi connectivity index (χ1) is 42.4. The third-order valence-electron chi connectivity index (χ3n) is 21.3. The fraction of sp³-hybridized carbons (Fsp3) is 0.667. The lowest BCUT2D eigenvalue weighted by Gasteiger charge is -2.45. The lowest BCUT2D eigenvalue weighted by molar-refractivity contribution is -0.155. The lowest BCUT2D eigenvalue weighted by atomic mass is 9.83. The van der Waals surface area contributed by atoms with E-state index in [-0.39, 0.29) is 66.5 Å². The molecule has 1 unspecified atom stereocenters. The monoisotopic (exact) mass is 1250 g/mol. The maximum Gasteiger partial charge on any atom is 0.406 e. The van der Waals surface area contributed by atoms with E-state index in [4.69, 9.17) is 9.72 Å². The Labute approximate surface area is 525 Å². The summed E-state index contributed by atoms with van der Waals surface area (Å²) in [6.07, 6.45) is 9.73. The zero-order chi connectivity index (χ0) is 62.5. The van der Waals surface area contributed by atoms with Crippen LogP contribution in [0.1, 0.15) is 155 Å². The van der Waals surface area contributed by atoms with E-state index in [9.17, 15) is 13.8 Å². The number of benzene rings is 2. The molecule has 9 atom stereocenters. The number of nitrogens with zero attached hydrogens (tertiary/aromatic N) is 8. The van der Waals surface area contributed by atoms with Gasteiger partial charge in [0.05, 0.1) is 46.7 Å². The van der Waals surface area contributed by atoms with Crippen molar-refractivity contribution in [3.8, 4) is 22.4 Å². The summed E-state index contributed by atoms with van der Waals surface area (Å²) in [4.78, 5) is 73.9. The molecule has 2 aliphatic carbocycles. The number of nitrogens with one attached hydrogen (secondary N) is 2. The fourth-order valence-electron chi connectivity index (χ4n) is 16.6. The van der Waals surface area contributed by atoms with Crippen LogP contribution in [-0.4, -0.2) is 174 Å². The number of ether oxygens (including phenoxy) is 1. The van der Waals surface area contributed by atoms with Gasteiger partial charge in [-0.05, 0) is 163 Å². The summed E-state index contributed by atoms with van der Waals surface area (Å²) in [7, 11) is -1.28. The van der Waals surface area contributed by atoms with Crippen LogP contribution in [0.3, 0.4) is 0 Å². The van der Waals surface area contributed by atoms with E-state index in [1.807, 2.05) is 100 Å². The average molecular weight is 1250 g/mol. The first-order valence-electron chi connectivity index (χ1n) is 33.5. The Balaban J connectivity index is 0.829. The summed E-state index contributed by atoms with van der Waals surface area (Å²) in [6.45, 7) is 19.2. The number of amides is 3. The number of likely N-dealkylation sites (tertiary alicyclic amines) is 2. The SMILES string of the molecule is CC(C)c1ncc(N2CCN3CCCC[C@@H]3C2)cc1-c1c2c3cc(ccc3n1CC(F)(F)F)-c1cccc(c1)C[C@H](NC(=O)[C@H](C1CCCC1)N1CC[C@]3(CCN(C(=O)[C@H]4[C@@H](C5CC5)N4[S@](=O)C(C)(C)C)C3)C1)C(=O)N1CCC[C@H](N1)C(=O)OCC(C)(C)C2. The number of esters is 1. The Hall–Kier alpha value is -5.41. The van der Waals surface area contributed by atoms with Crippen LogP contribution < -0.4 is 15.6 Å². The lowest BCUT2D eigenvalue weighted by Crippen LogP contribution is -2.62. The van der Waals surface area contributed by atoms with Crippen molar-refractivity contribution in [1.82, 2.24) is 44.3 Å². The number of hydrogen-bond acceptors (Lipinski definition) is 11. The molecule has 1 spiro atoms. The summed E-state index contributed by atoms with van der Waals surface area (Å²) in [6, 6.07) is 13.4. The normalized spacial score (nSPS) is 29.0. The minimum absolute atomic E-state index is 0.0350. The number of rotatable bonds is 11. The highest BCUT2D eigenvalue weighted by atomic mass is 32.2. The van der Waals surface area contributed by atoms with E-state index in [2.05, 4.69) is 31.5 Å². The molecule has 3 amide bonds. The molecule has 2 saturated carbocycles. The highest BCUT2D eigenvalue weighted by molar-refractivity contribution is 7.84. The van der Waals surface area contributed by atoms with Gasteiger partial charge in [-0.3, -0.25) is 39.0 Å². The molecule has 8 fully saturated rings. The second kappa shape index (κ2) is 24.2. The molecule has 6 bridgehead atoms. The zero-order valence-corrected chi connectivity index (χ0v) is 54.2. The number of fused-ring (bicyclic) bond motifs is 7. The highest BCUT2D eigenvalue weighted by Gasteiger charge is 2.64. The smallest absolute Gasteiger partial charge is 0.406 e. The molecule has 4 aromatic rings. The predicted octanol–water partition coefficient (Wildman–Crippen LogP) is 9.79. The second-order valence-corrected chi connectivity index (χ2v) is 32.3. The molecule has 9 heterocycles. The fourth-order valence-corrected chi connectivity index (χ4v) is 18.1. The van der Waals surface area contributed by atoms with Crippen molar-refractivity contribution in [1.29, 1.82) is 0 Å². The van der Waals surface area contributed by atoms with E-state index in [0.717, 1.165) is 112 Å². The second-order valence-electron chi connectivity index (χ2n) is 30.1. The molecule has 13 rings (SSSR count). The molecule has 9 aliphatic rings. The first kappa shape index (κ1) is 62.4. The van der Waals surface area contributed by atoms with E-state index in [1.54, 1.807) is 6.07 Å². The van der Waals surface area contributed by atoms with Gasteiger partial charge in [0.25, 0.3) is 5.91 Å². The van der Waals surface area contributed by atoms with Gasteiger partial charge in [-0.15, -0.1) is 0 Å². The molecule has 2 aromatic heterocycles. The van der Waals surface area contributed by atoms with Gasteiger partial charge in [0, 0.05) is 85.6 Å². The Morgan fingerprint density at radius 2 is 1.63 bits per heavy atom. The summed E-state index contributed by atoms with van der Waals surface area (Å²) < 4.78 is 68.8. The molecule has 2 N–H and O–H groups in total. The number of anilines is 1. The largest absolute Gasteiger partial charge is 0.464 e. The van der Waals surface area contributed by atoms with Gasteiger partial charge in [-0.2, -0.15) is 13.2 Å². The van der Waals surface area contributed by atoms with Crippen molar-refractivity contribution >= 4 is 51.3 Å². The van der Waals surface area contributed by atoms with Gasteiger partial charge >= 0.3 is 12.1 Å². The number of alkyl halides is 3. The van der Waals surface area contributed by atoms with Crippen LogP contribution in [0.4, 0.5) is 18.9 Å². The van der Waals surface area contributed by atoms with E-state index in [1.165, 1.54) is 22.4 Å². The molecule has 6 saturated heterocycles. The van der Waals surface area contributed by atoms with Crippen molar-refractivity contribution in [3.05, 3.63) is 71.5 Å². The molecule has 16 nitrogen and oxygen atoms in total. The van der Waals surface area contributed by atoms with Crippen molar-refractivity contribution in [3.63, 3.8) is 0 Å². The minimum Gasteiger partial charge on any atom is -0.464 e. The van der Waals surface area contributed by atoms with E-state index in [0.29, 0.717) is 85.4 Å². The Bertz CT molecular complexity index is 3390. The summed E-state index contributed by atoms with van der Waals surface area (Å²) >= 11 is 0. The highest BCUT2D eigenvalue weighted by Crippen LogP contribution is 2.52.